The van der Waals surface area contributed by atoms with E-state index in [9.17, 15) is 9.59 Å². The molecule has 6 nitrogen and oxygen atoms in total. The highest BCUT2D eigenvalue weighted by atomic mass is 16.2. The lowest BCUT2D eigenvalue weighted by molar-refractivity contribution is 0.0622. The molecule has 6 heteroatoms. The zero-order valence-electron chi connectivity index (χ0n) is 16.4. The van der Waals surface area contributed by atoms with Crippen LogP contribution in [-0.4, -0.2) is 59.3 Å². The molecule has 0 unspecified atom stereocenters. The fraction of sp³-hybridized carbons (Fsp3) is 0.409. The van der Waals surface area contributed by atoms with Crippen LogP contribution in [0.15, 0.2) is 48.5 Å². The summed E-state index contributed by atoms with van der Waals surface area (Å²) in [6.45, 7) is 6.59. The lowest BCUT2D eigenvalue weighted by atomic mass is 10.2. The van der Waals surface area contributed by atoms with Crippen LogP contribution in [0.25, 0.3) is 0 Å². The quantitative estimate of drug-likeness (QED) is 0.750. The van der Waals surface area contributed by atoms with E-state index in [1.165, 1.54) is 5.56 Å². The molecule has 148 valence electrons. The van der Waals surface area contributed by atoms with E-state index in [0.29, 0.717) is 31.0 Å². The average molecular weight is 380 g/mol. The molecule has 1 aromatic carbocycles. The van der Waals surface area contributed by atoms with Crippen molar-refractivity contribution in [1.29, 1.82) is 0 Å². The van der Waals surface area contributed by atoms with Crippen molar-refractivity contribution >= 4 is 11.8 Å². The maximum Gasteiger partial charge on any atom is 0.272 e. The van der Waals surface area contributed by atoms with Gasteiger partial charge in [0.1, 0.15) is 11.4 Å². The van der Waals surface area contributed by atoms with Gasteiger partial charge in [0.25, 0.3) is 11.8 Å². The highest BCUT2D eigenvalue weighted by Crippen LogP contribution is 2.11. The number of carbonyl (C=O) groups is 2. The van der Waals surface area contributed by atoms with Crippen molar-refractivity contribution in [2.75, 3.05) is 32.7 Å². The fourth-order valence-electron chi connectivity index (χ4n) is 3.26. The van der Waals surface area contributed by atoms with Crippen molar-refractivity contribution < 1.29 is 9.59 Å². The molecule has 2 amide bonds. The number of nitrogens with one attached hydrogen (secondary N) is 1. The number of carbonyl (C=O) groups excluding carboxylic acids is 2. The zero-order chi connectivity index (χ0) is 19.8. The Hall–Kier alpha value is -2.73. The van der Waals surface area contributed by atoms with Crippen molar-refractivity contribution in [2.24, 2.45) is 0 Å². The van der Waals surface area contributed by atoms with E-state index >= 15 is 0 Å². The van der Waals surface area contributed by atoms with Crippen LogP contribution in [0.5, 0.6) is 0 Å². The second kappa shape index (κ2) is 9.99. The van der Waals surface area contributed by atoms with Crippen LogP contribution in [0.4, 0.5) is 0 Å². The Bertz CT molecular complexity index is 786. The van der Waals surface area contributed by atoms with Gasteiger partial charge in [-0.15, -0.1) is 0 Å². The summed E-state index contributed by atoms with van der Waals surface area (Å²) >= 11 is 0. The van der Waals surface area contributed by atoms with Crippen LogP contribution in [0.1, 0.15) is 46.3 Å². The van der Waals surface area contributed by atoms with Crippen molar-refractivity contribution in [3.05, 3.63) is 65.5 Å². The first-order valence-corrected chi connectivity index (χ1v) is 9.98. The number of hydrogen-bond donors (Lipinski definition) is 1. The SMILES string of the molecule is CCCCNC(=O)c1cccc(C(=O)N2CCN(Cc3ccccc3)CC2)n1. The topological polar surface area (TPSA) is 65.5 Å². The Kier molecular flexibility index (Phi) is 7.14. The van der Waals surface area contributed by atoms with E-state index in [2.05, 4.69) is 34.3 Å². The van der Waals surface area contributed by atoms with Gasteiger partial charge in [-0.05, 0) is 24.1 Å². The van der Waals surface area contributed by atoms with E-state index in [-0.39, 0.29) is 11.8 Å². The van der Waals surface area contributed by atoms with Gasteiger partial charge >= 0.3 is 0 Å². The first-order chi connectivity index (χ1) is 13.7. The summed E-state index contributed by atoms with van der Waals surface area (Å²) in [5.41, 5.74) is 1.91. The Balaban J connectivity index is 1.55. The minimum absolute atomic E-state index is 0.109. The van der Waals surface area contributed by atoms with Gasteiger partial charge in [-0.25, -0.2) is 4.98 Å². The standard InChI is InChI=1S/C22H28N4O2/c1-2-3-12-23-21(27)19-10-7-11-20(24-19)22(28)26-15-13-25(14-16-26)17-18-8-5-4-6-9-18/h4-11H,2-3,12-17H2,1H3,(H,23,27). The van der Waals surface area contributed by atoms with Crippen molar-refractivity contribution in [3.8, 4) is 0 Å². The van der Waals surface area contributed by atoms with Crippen LogP contribution in [0.2, 0.25) is 0 Å². The first-order valence-electron chi connectivity index (χ1n) is 9.98. The van der Waals surface area contributed by atoms with Gasteiger partial charge in [-0.2, -0.15) is 0 Å². The van der Waals surface area contributed by atoms with Gasteiger partial charge in [-0.1, -0.05) is 49.7 Å². The summed E-state index contributed by atoms with van der Waals surface area (Å²) < 4.78 is 0. The molecule has 0 atom stereocenters. The molecule has 28 heavy (non-hydrogen) atoms. The maximum absolute atomic E-state index is 12.8. The van der Waals surface area contributed by atoms with Crippen molar-refractivity contribution in [2.45, 2.75) is 26.3 Å². The molecule has 2 aromatic rings. The minimum atomic E-state index is -0.226. The average Bonchev–Trinajstić information content (AvgIpc) is 2.75. The van der Waals surface area contributed by atoms with Gasteiger partial charge in [0.05, 0.1) is 0 Å². The molecule has 0 spiro atoms. The number of benzene rings is 1. The third-order valence-corrected chi connectivity index (χ3v) is 4.93. The van der Waals surface area contributed by atoms with Gasteiger partial charge < -0.3 is 10.2 Å². The maximum atomic E-state index is 12.8. The summed E-state index contributed by atoms with van der Waals surface area (Å²) in [4.78, 5) is 33.5. The van der Waals surface area contributed by atoms with Crippen molar-refractivity contribution in [3.63, 3.8) is 0 Å². The molecule has 0 radical (unpaired) electrons. The lowest BCUT2D eigenvalue weighted by Gasteiger charge is -2.34. The summed E-state index contributed by atoms with van der Waals surface area (Å²) in [6, 6.07) is 15.4. The van der Waals surface area contributed by atoms with E-state index in [1.54, 1.807) is 18.2 Å². The van der Waals surface area contributed by atoms with Crippen LogP contribution in [0, 0.1) is 0 Å². The number of pyridine rings is 1. The molecule has 0 aliphatic carbocycles. The lowest BCUT2D eigenvalue weighted by Crippen LogP contribution is -2.48. The number of aromatic nitrogens is 1. The number of rotatable bonds is 7. The molecule has 1 fully saturated rings. The van der Waals surface area contributed by atoms with Gasteiger partial charge in [0, 0.05) is 39.3 Å². The van der Waals surface area contributed by atoms with Crippen LogP contribution in [-0.2, 0) is 6.54 Å². The number of unbranched alkanes of at least 4 members (excludes halogenated alkanes) is 1. The van der Waals surface area contributed by atoms with Crippen LogP contribution >= 0.6 is 0 Å². The summed E-state index contributed by atoms with van der Waals surface area (Å²) in [6.07, 6.45) is 1.94. The zero-order valence-corrected chi connectivity index (χ0v) is 16.4. The van der Waals surface area contributed by atoms with E-state index in [4.69, 9.17) is 0 Å². The Morgan fingerprint density at radius 2 is 1.68 bits per heavy atom. The fourth-order valence-corrected chi connectivity index (χ4v) is 3.26. The second-order valence-electron chi connectivity index (χ2n) is 7.07. The molecule has 1 saturated heterocycles. The highest BCUT2D eigenvalue weighted by Gasteiger charge is 2.23. The molecule has 0 bridgehead atoms. The molecule has 0 saturated carbocycles. The van der Waals surface area contributed by atoms with Crippen LogP contribution < -0.4 is 5.32 Å². The number of nitrogens with zero attached hydrogens (tertiary/aromatic N) is 3. The summed E-state index contributed by atoms with van der Waals surface area (Å²) in [5.74, 6) is -0.335. The molecule has 1 aliphatic rings. The smallest absolute Gasteiger partial charge is 0.272 e. The molecular formula is C22H28N4O2. The largest absolute Gasteiger partial charge is 0.351 e. The van der Waals surface area contributed by atoms with Crippen LogP contribution in [0.3, 0.4) is 0 Å². The minimum Gasteiger partial charge on any atom is -0.351 e. The number of amides is 2. The van der Waals surface area contributed by atoms with E-state index in [1.807, 2.05) is 23.1 Å². The molecule has 2 heterocycles. The van der Waals surface area contributed by atoms with Gasteiger partial charge in [0.15, 0.2) is 0 Å². The third kappa shape index (κ3) is 5.39. The predicted octanol–water partition coefficient (Wildman–Crippen LogP) is 2.57. The van der Waals surface area contributed by atoms with Gasteiger partial charge in [-0.3, -0.25) is 14.5 Å². The predicted molar refractivity (Wildman–Crippen MR) is 109 cm³/mol. The van der Waals surface area contributed by atoms with E-state index in [0.717, 1.165) is 32.5 Å². The highest BCUT2D eigenvalue weighted by molar-refractivity contribution is 5.96. The Labute approximate surface area is 166 Å². The molecule has 1 aromatic heterocycles. The number of hydrogen-bond acceptors (Lipinski definition) is 4. The Morgan fingerprint density at radius 3 is 2.39 bits per heavy atom. The monoisotopic (exact) mass is 380 g/mol. The molecule has 1 aliphatic heterocycles. The second-order valence-corrected chi connectivity index (χ2v) is 7.07. The third-order valence-electron chi connectivity index (χ3n) is 4.93. The summed E-state index contributed by atoms with van der Waals surface area (Å²) in [5, 5.41) is 2.84. The number of piperazine rings is 1. The van der Waals surface area contributed by atoms with Gasteiger partial charge in [0.2, 0.25) is 0 Å². The Morgan fingerprint density at radius 1 is 0.964 bits per heavy atom. The van der Waals surface area contributed by atoms with Crippen molar-refractivity contribution in [1.82, 2.24) is 20.1 Å². The molecule has 1 N–H and O–H groups in total. The van der Waals surface area contributed by atoms with E-state index < -0.39 is 0 Å². The molecule has 3 rings (SSSR count). The normalized spacial score (nSPS) is 14.7. The first kappa shape index (κ1) is 20.0. The summed E-state index contributed by atoms with van der Waals surface area (Å²) in [7, 11) is 0. The molecular weight excluding hydrogens is 352 g/mol.